The Balaban J connectivity index is 2.34. The van der Waals surface area contributed by atoms with Gasteiger partial charge >= 0.3 is 5.63 Å². The number of aryl methyl sites for hydroxylation is 1. The Bertz CT molecular complexity index is 601. The molecule has 0 spiro atoms. The van der Waals surface area contributed by atoms with Gasteiger partial charge in [0.25, 0.3) is 0 Å². The predicted octanol–water partition coefficient (Wildman–Crippen LogP) is 2.77. The number of methoxy groups -OCH3 is 1. The van der Waals surface area contributed by atoms with E-state index in [2.05, 4.69) is 6.92 Å². The summed E-state index contributed by atoms with van der Waals surface area (Å²) in [7, 11) is 1.62. The van der Waals surface area contributed by atoms with Crippen molar-refractivity contribution in [3.63, 3.8) is 0 Å². The molecule has 0 N–H and O–H groups in total. The van der Waals surface area contributed by atoms with E-state index in [-0.39, 0.29) is 5.63 Å². The molecule has 1 aromatic carbocycles. The summed E-state index contributed by atoms with van der Waals surface area (Å²) in [6.07, 6.45) is 1.86. The predicted molar refractivity (Wildman–Crippen MR) is 73.9 cm³/mol. The van der Waals surface area contributed by atoms with E-state index in [0.29, 0.717) is 24.5 Å². The number of rotatable bonds is 6. The number of benzene rings is 1. The zero-order valence-electron chi connectivity index (χ0n) is 11.3. The van der Waals surface area contributed by atoms with Crippen LogP contribution in [0.25, 0.3) is 11.0 Å². The molecule has 1 aromatic heterocycles. The lowest BCUT2D eigenvalue weighted by atomic mass is 10.1. The van der Waals surface area contributed by atoms with Crippen LogP contribution in [0.5, 0.6) is 5.75 Å². The highest BCUT2D eigenvalue weighted by Gasteiger charge is 2.06. The van der Waals surface area contributed by atoms with Gasteiger partial charge in [-0.2, -0.15) is 0 Å². The van der Waals surface area contributed by atoms with Crippen molar-refractivity contribution in [1.29, 1.82) is 0 Å². The van der Waals surface area contributed by atoms with Gasteiger partial charge in [0.1, 0.15) is 17.9 Å². The third-order valence-electron chi connectivity index (χ3n) is 2.88. The highest BCUT2D eigenvalue weighted by Crippen LogP contribution is 2.23. The molecule has 0 fully saturated rings. The molecular formula is C15H18O4. The SMILES string of the molecule is CCCc1cc(=O)oc2cc(OCCOC)ccc12. The van der Waals surface area contributed by atoms with Crippen LogP contribution in [0.1, 0.15) is 18.9 Å². The summed E-state index contributed by atoms with van der Waals surface area (Å²) in [6.45, 7) is 3.08. The zero-order valence-corrected chi connectivity index (χ0v) is 11.3. The minimum absolute atomic E-state index is 0.315. The van der Waals surface area contributed by atoms with Crippen molar-refractivity contribution >= 4 is 11.0 Å². The number of hydrogen-bond donors (Lipinski definition) is 0. The van der Waals surface area contributed by atoms with Crippen molar-refractivity contribution < 1.29 is 13.9 Å². The Morgan fingerprint density at radius 2 is 2.05 bits per heavy atom. The van der Waals surface area contributed by atoms with E-state index < -0.39 is 0 Å². The van der Waals surface area contributed by atoms with Crippen LogP contribution in [0.15, 0.2) is 33.5 Å². The monoisotopic (exact) mass is 262 g/mol. The first-order valence-corrected chi connectivity index (χ1v) is 6.43. The average molecular weight is 262 g/mol. The molecule has 4 heteroatoms. The Hall–Kier alpha value is -1.81. The van der Waals surface area contributed by atoms with Gasteiger partial charge in [-0.1, -0.05) is 13.3 Å². The van der Waals surface area contributed by atoms with Crippen molar-refractivity contribution in [2.24, 2.45) is 0 Å². The number of ether oxygens (including phenoxy) is 2. The smallest absolute Gasteiger partial charge is 0.336 e. The topological polar surface area (TPSA) is 48.7 Å². The van der Waals surface area contributed by atoms with Gasteiger partial charge in [0, 0.05) is 24.6 Å². The highest BCUT2D eigenvalue weighted by molar-refractivity contribution is 5.81. The second-order valence-corrected chi connectivity index (χ2v) is 4.34. The molecule has 0 unspecified atom stereocenters. The number of fused-ring (bicyclic) bond motifs is 1. The largest absolute Gasteiger partial charge is 0.491 e. The first kappa shape index (κ1) is 13.6. The van der Waals surface area contributed by atoms with Gasteiger partial charge in [-0.3, -0.25) is 0 Å². The van der Waals surface area contributed by atoms with Crippen molar-refractivity contribution in [2.75, 3.05) is 20.3 Å². The van der Waals surface area contributed by atoms with E-state index in [0.717, 1.165) is 23.8 Å². The van der Waals surface area contributed by atoms with Crippen LogP contribution in [0.2, 0.25) is 0 Å². The molecule has 102 valence electrons. The molecule has 2 rings (SSSR count). The van der Waals surface area contributed by atoms with Gasteiger partial charge in [0.05, 0.1) is 6.61 Å². The van der Waals surface area contributed by atoms with Crippen LogP contribution >= 0.6 is 0 Å². The van der Waals surface area contributed by atoms with E-state index >= 15 is 0 Å². The van der Waals surface area contributed by atoms with Gasteiger partial charge in [0.15, 0.2) is 0 Å². The normalized spacial score (nSPS) is 10.8. The Labute approximate surface area is 111 Å². The van der Waals surface area contributed by atoms with Gasteiger partial charge < -0.3 is 13.9 Å². The van der Waals surface area contributed by atoms with Crippen molar-refractivity contribution in [1.82, 2.24) is 0 Å². The Morgan fingerprint density at radius 1 is 1.21 bits per heavy atom. The Kier molecular flexibility index (Phi) is 4.58. The molecule has 0 radical (unpaired) electrons. The lowest BCUT2D eigenvalue weighted by Crippen LogP contribution is -2.05. The third kappa shape index (κ3) is 3.35. The van der Waals surface area contributed by atoms with Gasteiger partial charge in [-0.25, -0.2) is 4.79 Å². The highest BCUT2D eigenvalue weighted by atomic mass is 16.5. The maximum Gasteiger partial charge on any atom is 0.336 e. The summed E-state index contributed by atoms with van der Waals surface area (Å²) in [5.41, 5.74) is 1.29. The summed E-state index contributed by atoms with van der Waals surface area (Å²) in [5.74, 6) is 0.682. The molecule has 0 saturated heterocycles. The fourth-order valence-corrected chi connectivity index (χ4v) is 2.02. The average Bonchev–Trinajstić information content (AvgIpc) is 2.39. The van der Waals surface area contributed by atoms with Crippen LogP contribution < -0.4 is 10.4 Å². The van der Waals surface area contributed by atoms with Gasteiger partial charge in [0.2, 0.25) is 0 Å². The summed E-state index contributed by atoms with van der Waals surface area (Å²) in [4.78, 5) is 11.5. The first-order chi connectivity index (χ1) is 9.24. The summed E-state index contributed by atoms with van der Waals surface area (Å²) >= 11 is 0. The second-order valence-electron chi connectivity index (χ2n) is 4.34. The molecule has 19 heavy (non-hydrogen) atoms. The van der Waals surface area contributed by atoms with E-state index in [9.17, 15) is 4.79 Å². The van der Waals surface area contributed by atoms with E-state index in [1.54, 1.807) is 19.2 Å². The fourth-order valence-electron chi connectivity index (χ4n) is 2.02. The van der Waals surface area contributed by atoms with Crippen molar-refractivity contribution in [3.05, 3.63) is 40.2 Å². The molecular weight excluding hydrogens is 244 g/mol. The standard InChI is InChI=1S/C15H18O4/c1-3-4-11-9-15(16)19-14-10-12(5-6-13(11)14)18-8-7-17-2/h5-6,9-10H,3-4,7-8H2,1-2H3. The van der Waals surface area contributed by atoms with Crippen molar-refractivity contribution in [2.45, 2.75) is 19.8 Å². The zero-order chi connectivity index (χ0) is 13.7. The fraction of sp³-hybridized carbons (Fsp3) is 0.400. The maximum atomic E-state index is 11.5. The van der Waals surface area contributed by atoms with Crippen LogP contribution in [0.4, 0.5) is 0 Å². The van der Waals surface area contributed by atoms with E-state index in [1.807, 2.05) is 12.1 Å². The number of hydrogen-bond acceptors (Lipinski definition) is 4. The molecule has 0 amide bonds. The lowest BCUT2D eigenvalue weighted by molar-refractivity contribution is 0.146. The van der Waals surface area contributed by atoms with Gasteiger partial charge in [-0.05, 0) is 24.1 Å². The molecule has 0 aliphatic rings. The maximum absolute atomic E-state index is 11.5. The molecule has 0 saturated carbocycles. The quantitative estimate of drug-likeness (QED) is 0.593. The van der Waals surface area contributed by atoms with Crippen LogP contribution in [-0.4, -0.2) is 20.3 Å². The van der Waals surface area contributed by atoms with Crippen LogP contribution in [0, 0.1) is 0 Å². The lowest BCUT2D eigenvalue weighted by Gasteiger charge is -2.08. The molecule has 2 aromatic rings. The molecule has 1 heterocycles. The van der Waals surface area contributed by atoms with E-state index in [1.165, 1.54) is 0 Å². The molecule has 0 bridgehead atoms. The Morgan fingerprint density at radius 3 is 2.79 bits per heavy atom. The minimum atomic E-state index is -0.315. The minimum Gasteiger partial charge on any atom is -0.491 e. The van der Waals surface area contributed by atoms with Crippen LogP contribution in [0.3, 0.4) is 0 Å². The molecule has 4 nitrogen and oxygen atoms in total. The van der Waals surface area contributed by atoms with E-state index in [4.69, 9.17) is 13.9 Å². The molecule has 0 atom stereocenters. The second kappa shape index (κ2) is 6.38. The van der Waals surface area contributed by atoms with Gasteiger partial charge in [-0.15, -0.1) is 0 Å². The molecule has 0 aliphatic carbocycles. The summed E-state index contributed by atoms with van der Waals surface area (Å²) in [5, 5.41) is 0.973. The third-order valence-corrected chi connectivity index (χ3v) is 2.88. The summed E-state index contributed by atoms with van der Waals surface area (Å²) < 4.78 is 15.7. The first-order valence-electron chi connectivity index (χ1n) is 6.43. The molecule has 0 aliphatic heterocycles. The summed E-state index contributed by atoms with van der Waals surface area (Å²) in [6, 6.07) is 7.14. The van der Waals surface area contributed by atoms with Crippen molar-refractivity contribution in [3.8, 4) is 5.75 Å². The van der Waals surface area contributed by atoms with Crippen LogP contribution in [-0.2, 0) is 11.2 Å².